The topological polar surface area (TPSA) is 84.0 Å². The Labute approximate surface area is 167 Å². The lowest BCUT2D eigenvalue weighted by molar-refractivity contribution is -0.121. The highest BCUT2D eigenvalue weighted by Crippen LogP contribution is 2.27. The molecule has 0 spiro atoms. The molecule has 0 aliphatic carbocycles. The number of rotatable bonds is 8. The van der Waals surface area contributed by atoms with Crippen molar-refractivity contribution in [3.05, 3.63) is 23.8 Å². The van der Waals surface area contributed by atoms with Gasteiger partial charge in [-0.1, -0.05) is 6.07 Å². The minimum atomic E-state index is 0. The van der Waals surface area contributed by atoms with Gasteiger partial charge in [0.1, 0.15) is 0 Å². The summed E-state index contributed by atoms with van der Waals surface area (Å²) in [6.45, 7) is 4.98. The fourth-order valence-corrected chi connectivity index (χ4v) is 2.09. The summed E-state index contributed by atoms with van der Waals surface area (Å²) >= 11 is 0. The van der Waals surface area contributed by atoms with E-state index < -0.39 is 0 Å². The van der Waals surface area contributed by atoms with Gasteiger partial charge in [0.05, 0.1) is 14.2 Å². The standard InChI is InChI=1S/C17H28N4O3.HI/c1-12(2)21-16(22)8-9-19-17(18-3)20-11-13-6-7-14(23-4)15(10-13)24-5;/h6-7,10,12H,8-9,11H2,1-5H3,(H,21,22)(H2,18,19,20);1H. The minimum absolute atomic E-state index is 0. The average Bonchev–Trinajstić information content (AvgIpc) is 2.56. The van der Waals surface area contributed by atoms with Crippen molar-refractivity contribution in [2.75, 3.05) is 27.8 Å². The number of halogens is 1. The van der Waals surface area contributed by atoms with Crippen LogP contribution >= 0.6 is 24.0 Å². The van der Waals surface area contributed by atoms with Gasteiger partial charge in [0.2, 0.25) is 5.91 Å². The highest BCUT2D eigenvalue weighted by molar-refractivity contribution is 14.0. The Bertz CT molecular complexity index is 565. The second kappa shape index (κ2) is 12.6. The first-order valence-electron chi connectivity index (χ1n) is 7.95. The molecule has 0 fully saturated rings. The summed E-state index contributed by atoms with van der Waals surface area (Å²) in [5.74, 6) is 2.04. The molecule has 25 heavy (non-hydrogen) atoms. The van der Waals surface area contributed by atoms with Crippen LogP contribution in [0.15, 0.2) is 23.2 Å². The molecule has 0 heterocycles. The summed E-state index contributed by atoms with van der Waals surface area (Å²) in [4.78, 5) is 15.7. The van der Waals surface area contributed by atoms with E-state index in [0.29, 0.717) is 37.0 Å². The van der Waals surface area contributed by atoms with E-state index in [1.165, 1.54) is 0 Å². The number of ether oxygens (including phenoxy) is 2. The number of benzene rings is 1. The maximum atomic E-state index is 11.6. The van der Waals surface area contributed by atoms with Crippen LogP contribution in [0.5, 0.6) is 11.5 Å². The quantitative estimate of drug-likeness (QED) is 0.311. The van der Waals surface area contributed by atoms with Gasteiger partial charge in [0.15, 0.2) is 17.5 Å². The van der Waals surface area contributed by atoms with Crippen LogP contribution in [0.2, 0.25) is 0 Å². The van der Waals surface area contributed by atoms with E-state index in [0.717, 1.165) is 5.56 Å². The molecular formula is C17H29IN4O3. The molecular weight excluding hydrogens is 435 g/mol. The Balaban J connectivity index is 0.00000576. The summed E-state index contributed by atoms with van der Waals surface area (Å²) in [6.07, 6.45) is 0.398. The van der Waals surface area contributed by atoms with Crippen LogP contribution in [0.25, 0.3) is 0 Å². The summed E-state index contributed by atoms with van der Waals surface area (Å²) in [5, 5.41) is 9.17. The molecule has 0 aromatic heterocycles. The largest absolute Gasteiger partial charge is 0.493 e. The summed E-state index contributed by atoms with van der Waals surface area (Å²) in [7, 11) is 4.91. The Morgan fingerprint density at radius 1 is 1.16 bits per heavy atom. The van der Waals surface area contributed by atoms with Gasteiger partial charge >= 0.3 is 0 Å². The van der Waals surface area contributed by atoms with Gasteiger partial charge in [0.25, 0.3) is 0 Å². The second-order valence-corrected chi connectivity index (χ2v) is 5.51. The van der Waals surface area contributed by atoms with Crippen LogP contribution in [0, 0.1) is 0 Å². The maximum Gasteiger partial charge on any atom is 0.221 e. The number of carbonyl (C=O) groups excluding carboxylic acids is 1. The van der Waals surface area contributed by atoms with Gasteiger partial charge < -0.3 is 25.4 Å². The van der Waals surface area contributed by atoms with Crippen LogP contribution in [-0.4, -0.2) is 45.7 Å². The van der Waals surface area contributed by atoms with Crippen molar-refractivity contribution < 1.29 is 14.3 Å². The van der Waals surface area contributed by atoms with Gasteiger partial charge in [-0.15, -0.1) is 24.0 Å². The fraction of sp³-hybridized carbons (Fsp3) is 0.529. The average molecular weight is 464 g/mol. The SMILES string of the molecule is CN=C(NCCC(=O)NC(C)C)NCc1ccc(OC)c(OC)c1.I. The Hall–Kier alpha value is -1.71. The molecule has 1 rings (SSSR count). The number of guanidine groups is 1. The number of aliphatic imine (C=N–C) groups is 1. The Morgan fingerprint density at radius 2 is 1.84 bits per heavy atom. The number of nitrogens with one attached hydrogen (secondary N) is 3. The van der Waals surface area contributed by atoms with E-state index in [1.807, 2.05) is 32.0 Å². The molecule has 0 unspecified atom stereocenters. The normalized spacial score (nSPS) is 10.7. The Kier molecular flexibility index (Phi) is 11.8. The van der Waals surface area contributed by atoms with E-state index in [-0.39, 0.29) is 35.9 Å². The van der Waals surface area contributed by atoms with Crippen LogP contribution < -0.4 is 25.4 Å². The van der Waals surface area contributed by atoms with Crippen molar-refractivity contribution in [1.29, 1.82) is 0 Å². The molecule has 0 bridgehead atoms. The van der Waals surface area contributed by atoms with Crippen molar-refractivity contribution in [3.63, 3.8) is 0 Å². The lowest BCUT2D eigenvalue weighted by atomic mass is 10.2. The predicted octanol–water partition coefficient (Wildman–Crippen LogP) is 1.90. The van der Waals surface area contributed by atoms with Gasteiger partial charge in [-0.3, -0.25) is 9.79 Å². The highest BCUT2D eigenvalue weighted by Gasteiger charge is 2.06. The maximum absolute atomic E-state index is 11.6. The molecule has 0 aliphatic heterocycles. The molecule has 0 radical (unpaired) electrons. The number of carbonyl (C=O) groups is 1. The number of hydrogen-bond donors (Lipinski definition) is 3. The third-order valence-electron chi connectivity index (χ3n) is 3.23. The van der Waals surface area contributed by atoms with E-state index >= 15 is 0 Å². The zero-order chi connectivity index (χ0) is 17.9. The van der Waals surface area contributed by atoms with Crippen molar-refractivity contribution >= 4 is 35.8 Å². The minimum Gasteiger partial charge on any atom is -0.493 e. The first-order valence-corrected chi connectivity index (χ1v) is 7.95. The molecule has 1 amide bonds. The second-order valence-electron chi connectivity index (χ2n) is 5.51. The van der Waals surface area contributed by atoms with Crippen molar-refractivity contribution in [2.24, 2.45) is 4.99 Å². The summed E-state index contributed by atoms with van der Waals surface area (Å²) in [5.41, 5.74) is 1.04. The monoisotopic (exact) mass is 464 g/mol. The third-order valence-corrected chi connectivity index (χ3v) is 3.23. The molecule has 3 N–H and O–H groups in total. The zero-order valence-electron chi connectivity index (χ0n) is 15.5. The molecule has 0 saturated carbocycles. The van der Waals surface area contributed by atoms with Gasteiger partial charge in [0, 0.05) is 32.6 Å². The van der Waals surface area contributed by atoms with Crippen molar-refractivity contribution in [1.82, 2.24) is 16.0 Å². The molecule has 7 nitrogen and oxygen atoms in total. The number of nitrogens with zero attached hydrogens (tertiary/aromatic N) is 1. The van der Waals surface area contributed by atoms with E-state index in [1.54, 1.807) is 21.3 Å². The van der Waals surface area contributed by atoms with Gasteiger partial charge in [-0.05, 0) is 31.5 Å². The van der Waals surface area contributed by atoms with Crippen LogP contribution in [-0.2, 0) is 11.3 Å². The highest BCUT2D eigenvalue weighted by atomic mass is 127. The number of hydrogen-bond acceptors (Lipinski definition) is 4. The summed E-state index contributed by atoms with van der Waals surface area (Å²) in [6, 6.07) is 5.88. The van der Waals surface area contributed by atoms with E-state index in [2.05, 4.69) is 20.9 Å². The zero-order valence-corrected chi connectivity index (χ0v) is 17.8. The lowest BCUT2D eigenvalue weighted by Crippen LogP contribution is -2.39. The molecule has 1 aromatic carbocycles. The van der Waals surface area contributed by atoms with Crippen molar-refractivity contribution in [3.8, 4) is 11.5 Å². The van der Waals surface area contributed by atoms with Gasteiger partial charge in [-0.2, -0.15) is 0 Å². The fourth-order valence-electron chi connectivity index (χ4n) is 2.09. The molecule has 142 valence electrons. The molecule has 0 atom stereocenters. The molecule has 0 saturated heterocycles. The van der Waals surface area contributed by atoms with Crippen LogP contribution in [0.1, 0.15) is 25.8 Å². The Morgan fingerprint density at radius 3 is 2.40 bits per heavy atom. The number of amides is 1. The van der Waals surface area contributed by atoms with E-state index in [9.17, 15) is 4.79 Å². The van der Waals surface area contributed by atoms with Crippen LogP contribution in [0.3, 0.4) is 0 Å². The first-order chi connectivity index (χ1) is 11.5. The van der Waals surface area contributed by atoms with Gasteiger partial charge in [-0.25, -0.2) is 0 Å². The molecule has 8 heteroatoms. The molecule has 0 aliphatic rings. The lowest BCUT2D eigenvalue weighted by Gasteiger charge is -2.14. The first kappa shape index (κ1) is 23.3. The van der Waals surface area contributed by atoms with Crippen LogP contribution in [0.4, 0.5) is 0 Å². The van der Waals surface area contributed by atoms with Crippen molar-refractivity contribution in [2.45, 2.75) is 32.9 Å². The van der Waals surface area contributed by atoms with E-state index in [4.69, 9.17) is 9.47 Å². The third kappa shape index (κ3) is 8.80. The predicted molar refractivity (Wildman–Crippen MR) is 111 cm³/mol. The molecule has 1 aromatic rings. The summed E-state index contributed by atoms with van der Waals surface area (Å²) < 4.78 is 10.5. The smallest absolute Gasteiger partial charge is 0.221 e. The number of methoxy groups -OCH3 is 2.